The van der Waals surface area contributed by atoms with Gasteiger partial charge in [-0.05, 0) is 30.4 Å². The maximum Gasteiger partial charge on any atom is 0.295 e. The average Bonchev–Trinajstić information content (AvgIpc) is 2.79. The molecule has 2 aromatic carbocycles. The van der Waals surface area contributed by atoms with Crippen molar-refractivity contribution in [2.45, 2.75) is 4.90 Å². The van der Waals surface area contributed by atoms with Crippen LogP contribution in [0, 0.1) is 20.2 Å². The zero-order chi connectivity index (χ0) is 23.1. The van der Waals surface area contributed by atoms with Crippen LogP contribution in [-0.4, -0.2) is 55.1 Å². The number of hydrogen-bond donors (Lipinski definition) is 1. The first kappa shape index (κ1) is 23.0. The van der Waals surface area contributed by atoms with Gasteiger partial charge < -0.3 is 4.74 Å². The van der Waals surface area contributed by atoms with Crippen LogP contribution in [0.15, 0.2) is 58.5 Å². The molecular weight excluding hydrogens is 442 g/mol. The van der Waals surface area contributed by atoms with E-state index in [9.17, 15) is 28.6 Å². The summed E-state index contributed by atoms with van der Waals surface area (Å²) in [4.78, 5) is 21.1. The number of nitro groups is 2. The number of nitrogens with zero attached hydrogens (tertiary/aromatic N) is 4. The Morgan fingerprint density at radius 2 is 1.72 bits per heavy atom. The van der Waals surface area contributed by atoms with E-state index in [2.05, 4.69) is 10.5 Å². The van der Waals surface area contributed by atoms with E-state index in [1.54, 1.807) is 18.2 Å². The molecule has 2 aromatic rings. The Morgan fingerprint density at radius 1 is 1.03 bits per heavy atom. The zero-order valence-electron chi connectivity index (χ0n) is 16.7. The van der Waals surface area contributed by atoms with E-state index in [0.717, 1.165) is 6.07 Å². The highest BCUT2D eigenvalue weighted by Crippen LogP contribution is 2.29. The van der Waals surface area contributed by atoms with Gasteiger partial charge in [-0.1, -0.05) is 12.1 Å². The van der Waals surface area contributed by atoms with Gasteiger partial charge in [-0.3, -0.25) is 25.7 Å². The number of rotatable bonds is 8. The van der Waals surface area contributed by atoms with E-state index in [1.807, 2.05) is 0 Å². The fraction of sp³-hybridized carbons (Fsp3) is 0.211. The summed E-state index contributed by atoms with van der Waals surface area (Å²) in [5.74, 6) is 0. The van der Waals surface area contributed by atoms with Gasteiger partial charge in [0.25, 0.3) is 11.4 Å². The first-order chi connectivity index (χ1) is 15.3. The number of nitrogens with one attached hydrogen (secondary N) is 1. The lowest BCUT2D eigenvalue weighted by Crippen LogP contribution is -2.40. The van der Waals surface area contributed by atoms with Crippen LogP contribution in [-0.2, 0) is 14.8 Å². The summed E-state index contributed by atoms with van der Waals surface area (Å²) in [5.41, 5.74) is 2.32. The van der Waals surface area contributed by atoms with E-state index in [1.165, 1.54) is 40.9 Å². The monoisotopic (exact) mass is 461 g/mol. The third-order valence-corrected chi connectivity index (χ3v) is 6.42. The van der Waals surface area contributed by atoms with Crippen LogP contribution in [0.2, 0.25) is 0 Å². The molecule has 1 aliphatic heterocycles. The third kappa shape index (κ3) is 5.32. The highest BCUT2D eigenvalue weighted by molar-refractivity contribution is 7.89. The van der Waals surface area contributed by atoms with Gasteiger partial charge in [0.2, 0.25) is 10.0 Å². The summed E-state index contributed by atoms with van der Waals surface area (Å²) in [6.07, 6.45) is 4.16. The molecule has 0 aromatic heterocycles. The molecule has 1 heterocycles. The van der Waals surface area contributed by atoms with Crippen molar-refractivity contribution in [2.24, 2.45) is 5.10 Å². The second-order valence-electron chi connectivity index (χ2n) is 6.52. The quantitative estimate of drug-likeness (QED) is 0.357. The number of para-hydroxylation sites is 1. The molecule has 0 atom stereocenters. The lowest BCUT2D eigenvalue weighted by atomic mass is 10.2. The minimum Gasteiger partial charge on any atom is -0.379 e. The molecule has 0 amide bonds. The van der Waals surface area contributed by atoms with Gasteiger partial charge in [0.1, 0.15) is 5.69 Å². The van der Waals surface area contributed by atoms with Gasteiger partial charge in [0, 0.05) is 31.4 Å². The molecule has 168 valence electrons. The van der Waals surface area contributed by atoms with E-state index >= 15 is 0 Å². The fourth-order valence-corrected chi connectivity index (χ4v) is 4.37. The largest absolute Gasteiger partial charge is 0.379 e. The van der Waals surface area contributed by atoms with Crippen molar-refractivity contribution in [2.75, 3.05) is 31.7 Å². The van der Waals surface area contributed by atoms with Crippen LogP contribution in [0.1, 0.15) is 5.56 Å². The van der Waals surface area contributed by atoms with Gasteiger partial charge in [0.05, 0.1) is 33.5 Å². The summed E-state index contributed by atoms with van der Waals surface area (Å²) in [6.45, 7) is 0.864. The van der Waals surface area contributed by atoms with Crippen LogP contribution in [0.4, 0.5) is 17.1 Å². The van der Waals surface area contributed by atoms with Gasteiger partial charge in [-0.15, -0.1) is 0 Å². The van der Waals surface area contributed by atoms with Gasteiger partial charge in [-0.2, -0.15) is 9.41 Å². The Morgan fingerprint density at radius 3 is 2.41 bits per heavy atom. The number of allylic oxidation sites excluding steroid dienone is 1. The predicted molar refractivity (Wildman–Crippen MR) is 117 cm³/mol. The maximum atomic E-state index is 12.7. The van der Waals surface area contributed by atoms with E-state index in [0.29, 0.717) is 5.56 Å². The number of anilines is 1. The second kappa shape index (κ2) is 10.1. The SMILES string of the molecule is O=[N+]([O-])c1ccccc1C=CC=NNc1ccc(S(=O)(=O)N2CCOCC2)cc1[N+](=O)[O-]. The summed E-state index contributed by atoms with van der Waals surface area (Å²) >= 11 is 0. The topological polar surface area (TPSA) is 157 Å². The summed E-state index contributed by atoms with van der Waals surface area (Å²) in [7, 11) is -3.89. The first-order valence-electron chi connectivity index (χ1n) is 9.36. The van der Waals surface area contributed by atoms with Crippen LogP contribution in [0.3, 0.4) is 0 Å². The molecule has 12 nitrogen and oxygen atoms in total. The molecule has 32 heavy (non-hydrogen) atoms. The highest BCUT2D eigenvalue weighted by Gasteiger charge is 2.28. The van der Waals surface area contributed by atoms with Crippen molar-refractivity contribution >= 4 is 39.4 Å². The lowest BCUT2D eigenvalue weighted by Gasteiger charge is -2.26. The number of hydrazone groups is 1. The second-order valence-corrected chi connectivity index (χ2v) is 8.46. The Hall–Kier alpha value is -3.68. The third-order valence-electron chi connectivity index (χ3n) is 4.53. The molecule has 1 aliphatic rings. The van der Waals surface area contributed by atoms with Crippen molar-refractivity contribution < 1.29 is 23.0 Å². The molecule has 1 fully saturated rings. The fourth-order valence-electron chi connectivity index (χ4n) is 2.94. The molecule has 3 rings (SSSR count). The summed E-state index contributed by atoms with van der Waals surface area (Å²) < 4.78 is 31.8. The number of nitro benzene ring substituents is 2. The van der Waals surface area contributed by atoms with Crippen LogP contribution in [0.25, 0.3) is 6.08 Å². The molecule has 0 radical (unpaired) electrons. The minimum absolute atomic E-state index is 0.00808. The molecule has 0 bridgehead atoms. The van der Waals surface area contributed by atoms with Crippen LogP contribution >= 0.6 is 0 Å². The number of hydrogen-bond acceptors (Lipinski definition) is 9. The minimum atomic E-state index is -3.89. The summed E-state index contributed by atoms with van der Waals surface area (Å²) in [5, 5.41) is 26.3. The normalized spacial score (nSPS) is 15.2. The molecule has 0 aliphatic carbocycles. The van der Waals surface area contributed by atoms with E-state index in [4.69, 9.17) is 4.74 Å². The van der Waals surface area contributed by atoms with Crippen LogP contribution in [0.5, 0.6) is 0 Å². The highest BCUT2D eigenvalue weighted by atomic mass is 32.2. The smallest absolute Gasteiger partial charge is 0.295 e. The van der Waals surface area contributed by atoms with Crippen molar-refractivity contribution in [1.82, 2.24) is 4.31 Å². The number of sulfonamides is 1. The first-order valence-corrected chi connectivity index (χ1v) is 10.8. The summed E-state index contributed by atoms with van der Waals surface area (Å²) in [6, 6.07) is 9.63. The van der Waals surface area contributed by atoms with Crippen molar-refractivity contribution in [3.05, 3.63) is 74.3 Å². The number of ether oxygens (including phenoxy) is 1. The standard InChI is InChI=1S/C19H19N5O7S/c25-23(26)18-6-2-1-4-15(18)5-3-9-20-21-17-8-7-16(14-19(17)24(27)28)32(29,30)22-10-12-31-13-11-22/h1-9,14,21H,10-13H2. The Balaban J connectivity index is 1.76. The molecule has 1 saturated heterocycles. The van der Waals surface area contributed by atoms with E-state index < -0.39 is 25.6 Å². The van der Waals surface area contributed by atoms with Crippen molar-refractivity contribution in [1.29, 1.82) is 0 Å². The number of benzene rings is 2. The van der Waals surface area contributed by atoms with Crippen molar-refractivity contribution in [3.8, 4) is 0 Å². The van der Waals surface area contributed by atoms with Crippen molar-refractivity contribution in [3.63, 3.8) is 0 Å². The Kier molecular flexibility index (Phi) is 7.25. The zero-order valence-corrected chi connectivity index (χ0v) is 17.5. The van der Waals surface area contributed by atoms with Gasteiger partial charge >= 0.3 is 0 Å². The molecule has 0 saturated carbocycles. The molecule has 0 unspecified atom stereocenters. The Bertz CT molecular complexity index is 1170. The molecule has 1 N–H and O–H groups in total. The average molecular weight is 461 g/mol. The predicted octanol–water partition coefficient (Wildman–Crippen LogP) is 2.64. The van der Waals surface area contributed by atoms with E-state index in [-0.39, 0.29) is 42.6 Å². The molecular formula is C19H19N5O7S. The number of morpholine rings is 1. The maximum absolute atomic E-state index is 12.7. The molecule has 13 heteroatoms. The Labute approximate surface area is 183 Å². The molecule has 0 spiro atoms. The van der Waals surface area contributed by atoms with Crippen LogP contribution < -0.4 is 5.43 Å². The van der Waals surface area contributed by atoms with Gasteiger partial charge in [-0.25, -0.2) is 8.42 Å². The lowest BCUT2D eigenvalue weighted by molar-refractivity contribution is -0.385. The van der Waals surface area contributed by atoms with Gasteiger partial charge in [0.15, 0.2) is 0 Å².